The number of likely N-dealkylation sites (tertiary alicyclic amines) is 2. The Morgan fingerprint density at radius 3 is 2.88 bits per heavy atom. The predicted molar refractivity (Wildman–Crippen MR) is 94.3 cm³/mol. The lowest BCUT2D eigenvalue weighted by molar-refractivity contribution is 0.130. The second-order valence-corrected chi connectivity index (χ2v) is 6.94. The lowest BCUT2D eigenvalue weighted by Gasteiger charge is -2.36. The number of carbonyl (C=O) groups is 1. The van der Waals surface area contributed by atoms with Gasteiger partial charge in [0.15, 0.2) is 5.82 Å². The second-order valence-electron chi connectivity index (χ2n) is 6.94. The average molecular weight is 340 g/mol. The Hall–Kier alpha value is -2.41. The molecule has 2 fully saturated rings. The molecule has 7 nitrogen and oxygen atoms in total. The van der Waals surface area contributed by atoms with E-state index in [2.05, 4.69) is 27.3 Å². The Morgan fingerprint density at radius 2 is 2.04 bits per heavy atom. The fraction of sp³-hybridized carbons (Fsp3) is 0.500. The van der Waals surface area contributed by atoms with Crippen molar-refractivity contribution in [2.45, 2.75) is 25.4 Å². The van der Waals surface area contributed by atoms with Crippen molar-refractivity contribution in [3.05, 3.63) is 42.5 Å². The van der Waals surface area contributed by atoms with Crippen molar-refractivity contribution in [2.75, 3.05) is 26.7 Å². The molecule has 2 aliphatic heterocycles. The molecule has 1 N–H and O–H groups in total. The Morgan fingerprint density at radius 1 is 1.24 bits per heavy atom. The van der Waals surface area contributed by atoms with Crippen LogP contribution >= 0.6 is 0 Å². The summed E-state index contributed by atoms with van der Waals surface area (Å²) < 4.78 is 1.77. The SMILES string of the molecule is CN1CCC2CCN(C(=O)NCc3ncnn3-c3ccccc3)C2C1. The third-order valence-electron chi connectivity index (χ3n) is 5.34. The molecular weight excluding hydrogens is 316 g/mol. The van der Waals surface area contributed by atoms with Gasteiger partial charge < -0.3 is 15.1 Å². The summed E-state index contributed by atoms with van der Waals surface area (Å²) >= 11 is 0. The van der Waals surface area contributed by atoms with Gasteiger partial charge in [0.05, 0.1) is 12.2 Å². The molecule has 3 heterocycles. The Labute approximate surface area is 147 Å². The van der Waals surface area contributed by atoms with Crippen molar-refractivity contribution in [1.29, 1.82) is 0 Å². The summed E-state index contributed by atoms with van der Waals surface area (Å²) in [4.78, 5) is 21.3. The number of piperidine rings is 1. The average Bonchev–Trinajstić information content (AvgIpc) is 3.27. The maximum atomic E-state index is 12.7. The molecular formula is C18H24N6O. The van der Waals surface area contributed by atoms with E-state index in [1.165, 1.54) is 12.7 Å². The van der Waals surface area contributed by atoms with Crippen LogP contribution in [0.5, 0.6) is 0 Å². The van der Waals surface area contributed by atoms with Gasteiger partial charge in [-0.3, -0.25) is 0 Å². The van der Waals surface area contributed by atoms with Gasteiger partial charge in [0.2, 0.25) is 0 Å². The summed E-state index contributed by atoms with van der Waals surface area (Å²) in [6.07, 6.45) is 3.83. The first-order chi connectivity index (χ1) is 12.2. The Kier molecular flexibility index (Phi) is 4.40. The van der Waals surface area contributed by atoms with Crippen LogP contribution in [-0.4, -0.2) is 63.3 Å². The lowest BCUT2D eigenvalue weighted by atomic mass is 9.92. The Balaban J connectivity index is 1.41. The van der Waals surface area contributed by atoms with Crippen LogP contribution in [0.3, 0.4) is 0 Å². The highest BCUT2D eigenvalue weighted by molar-refractivity contribution is 5.75. The van der Waals surface area contributed by atoms with E-state index in [1.807, 2.05) is 35.2 Å². The van der Waals surface area contributed by atoms with Crippen LogP contribution in [-0.2, 0) is 6.54 Å². The highest BCUT2D eigenvalue weighted by atomic mass is 16.2. The molecule has 2 unspecified atom stereocenters. The van der Waals surface area contributed by atoms with Gasteiger partial charge in [-0.25, -0.2) is 14.5 Å². The van der Waals surface area contributed by atoms with E-state index in [0.29, 0.717) is 18.5 Å². The van der Waals surface area contributed by atoms with Crippen LogP contribution in [0.15, 0.2) is 36.7 Å². The zero-order chi connectivity index (χ0) is 17.2. The van der Waals surface area contributed by atoms with Gasteiger partial charge in [-0.05, 0) is 44.5 Å². The van der Waals surface area contributed by atoms with E-state index in [-0.39, 0.29) is 6.03 Å². The van der Waals surface area contributed by atoms with Crippen molar-refractivity contribution in [1.82, 2.24) is 29.9 Å². The zero-order valence-electron chi connectivity index (χ0n) is 14.5. The third-order valence-corrected chi connectivity index (χ3v) is 5.34. The lowest BCUT2D eigenvalue weighted by Crippen LogP contribution is -2.51. The standard InChI is InChI=1S/C18H24N6O/c1-22-9-7-14-8-10-23(16(14)12-22)18(25)19-11-17-20-13-21-24(17)15-5-3-2-4-6-15/h2-6,13-14,16H,7-12H2,1H3,(H,19,25). The van der Waals surface area contributed by atoms with Crippen LogP contribution in [0, 0.1) is 5.92 Å². The summed E-state index contributed by atoms with van der Waals surface area (Å²) in [5.41, 5.74) is 0.944. The molecule has 0 radical (unpaired) electrons. The summed E-state index contributed by atoms with van der Waals surface area (Å²) in [6.45, 7) is 3.33. The van der Waals surface area contributed by atoms with Gasteiger partial charge >= 0.3 is 6.03 Å². The minimum absolute atomic E-state index is 0.00501. The van der Waals surface area contributed by atoms with Gasteiger partial charge in [-0.1, -0.05) is 18.2 Å². The number of aromatic nitrogens is 3. The highest BCUT2D eigenvalue weighted by Gasteiger charge is 2.39. The van der Waals surface area contributed by atoms with Gasteiger partial charge in [0.1, 0.15) is 6.33 Å². The molecule has 2 atom stereocenters. The van der Waals surface area contributed by atoms with E-state index >= 15 is 0 Å². The molecule has 4 rings (SSSR count). The maximum Gasteiger partial charge on any atom is 0.318 e. The molecule has 25 heavy (non-hydrogen) atoms. The van der Waals surface area contributed by atoms with Crippen molar-refractivity contribution in [3.63, 3.8) is 0 Å². The van der Waals surface area contributed by atoms with Gasteiger partial charge in [-0.15, -0.1) is 0 Å². The highest BCUT2D eigenvalue weighted by Crippen LogP contribution is 2.31. The summed E-state index contributed by atoms with van der Waals surface area (Å²) in [5.74, 6) is 1.38. The second kappa shape index (κ2) is 6.84. The van der Waals surface area contributed by atoms with E-state index in [9.17, 15) is 4.79 Å². The number of fused-ring (bicyclic) bond motifs is 1. The molecule has 0 spiro atoms. The number of benzene rings is 1. The number of para-hydroxylation sites is 1. The molecule has 7 heteroatoms. The molecule has 0 saturated carbocycles. The molecule has 2 aliphatic rings. The number of hydrogen-bond donors (Lipinski definition) is 1. The predicted octanol–water partition coefficient (Wildman–Crippen LogP) is 1.50. The van der Waals surface area contributed by atoms with E-state index < -0.39 is 0 Å². The topological polar surface area (TPSA) is 66.3 Å². The fourth-order valence-electron chi connectivity index (χ4n) is 3.98. The van der Waals surface area contributed by atoms with Crippen LogP contribution in [0.2, 0.25) is 0 Å². The van der Waals surface area contributed by atoms with E-state index in [4.69, 9.17) is 0 Å². The third kappa shape index (κ3) is 3.24. The molecule has 2 aromatic rings. The van der Waals surface area contributed by atoms with Crippen LogP contribution < -0.4 is 5.32 Å². The minimum atomic E-state index is 0.00501. The maximum absolute atomic E-state index is 12.7. The van der Waals surface area contributed by atoms with Crippen molar-refractivity contribution >= 4 is 6.03 Å². The number of hydrogen-bond acceptors (Lipinski definition) is 4. The molecule has 1 aromatic carbocycles. The molecule has 0 bridgehead atoms. The summed E-state index contributed by atoms with van der Waals surface area (Å²) in [5, 5.41) is 7.30. The number of rotatable bonds is 3. The number of nitrogens with zero attached hydrogens (tertiary/aromatic N) is 5. The van der Waals surface area contributed by atoms with Crippen LogP contribution in [0.4, 0.5) is 4.79 Å². The first-order valence-electron chi connectivity index (χ1n) is 8.89. The molecule has 1 aromatic heterocycles. The number of carbonyl (C=O) groups excluding carboxylic acids is 1. The number of nitrogens with one attached hydrogen (secondary N) is 1. The van der Waals surface area contributed by atoms with Crippen molar-refractivity contribution < 1.29 is 4.79 Å². The van der Waals surface area contributed by atoms with E-state index in [0.717, 1.165) is 37.6 Å². The van der Waals surface area contributed by atoms with Gasteiger partial charge in [0.25, 0.3) is 0 Å². The molecule has 2 saturated heterocycles. The zero-order valence-corrected chi connectivity index (χ0v) is 14.5. The minimum Gasteiger partial charge on any atom is -0.331 e. The smallest absolute Gasteiger partial charge is 0.318 e. The Bertz CT molecular complexity index is 730. The first-order valence-corrected chi connectivity index (χ1v) is 8.89. The van der Waals surface area contributed by atoms with Crippen molar-refractivity contribution in [2.24, 2.45) is 5.92 Å². The summed E-state index contributed by atoms with van der Waals surface area (Å²) in [6, 6.07) is 10.2. The molecule has 132 valence electrons. The fourth-order valence-corrected chi connectivity index (χ4v) is 3.98. The van der Waals surface area contributed by atoms with Gasteiger partial charge in [0, 0.05) is 19.1 Å². The molecule has 2 amide bonds. The number of likely N-dealkylation sites (N-methyl/N-ethyl adjacent to an activating group) is 1. The largest absolute Gasteiger partial charge is 0.331 e. The normalized spacial score (nSPS) is 23.5. The quantitative estimate of drug-likeness (QED) is 0.920. The van der Waals surface area contributed by atoms with Crippen LogP contribution in [0.25, 0.3) is 5.69 Å². The molecule has 0 aliphatic carbocycles. The first kappa shape index (κ1) is 16.1. The van der Waals surface area contributed by atoms with Crippen molar-refractivity contribution in [3.8, 4) is 5.69 Å². The number of urea groups is 1. The monoisotopic (exact) mass is 340 g/mol. The summed E-state index contributed by atoms with van der Waals surface area (Å²) in [7, 11) is 2.13. The van der Waals surface area contributed by atoms with E-state index in [1.54, 1.807) is 4.68 Å². The van der Waals surface area contributed by atoms with Crippen LogP contribution in [0.1, 0.15) is 18.7 Å². The number of amides is 2. The van der Waals surface area contributed by atoms with Gasteiger partial charge in [-0.2, -0.15) is 5.10 Å².